The Labute approximate surface area is 201 Å². The first-order valence-electron chi connectivity index (χ1n) is 10.4. The van der Waals surface area contributed by atoms with Gasteiger partial charge in [-0.15, -0.1) is 15.7 Å². The molecule has 1 N–H and O–H groups in total. The summed E-state index contributed by atoms with van der Waals surface area (Å²) in [5.74, 6) is 0.144. The van der Waals surface area contributed by atoms with Crippen molar-refractivity contribution in [2.75, 3.05) is 37.3 Å². The number of anilines is 1. The third kappa shape index (κ3) is 5.84. The van der Waals surface area contributed by atoms with Gasteiger partial charge in [0.05, 0.1) is 28.6 Å². The van der Waals surface area contributed by atoms with Crippen LogP contribution in [0.15, 0.2) is 40.8 Å². The highest BCUT2D eigenvalue weighted by molar-refractivity contribution is 7.89. The van der Waals surface area contributed by atoms with Gasteiger partial charge < -0.3 is 15.0 Å². The van der Waals surface area contributed by atoms with Gasteiger partial charge in [0.25, 0.3) is 15.9 Å². The molecule has 1 unspecified atom stereocenters. The lowest BCUT2D eigenvalue weighted by Gasteiger charge is -2.20. The van der Waals surface area contributed by atoms with E-state index in [0.29, 0.717) is 26.3 Å². The molecule has 2 amide bonds. The smallest absolute Gasteiger partial charge is 0.414 e. The maximum absolute atomic E-state index is 12.4. The van der Waals surface area contributed by atoms with E-state index in [1.807, 2.05) is 4.90 Å². The van der Waals surface area contributed by atoms with E-state index in [1.54, 1.807) is 36.4 Å². The highest BCUT2D eigenvalue weighted by Gasteiger charge is 2.33. The standard InChI is InChI=1S/C21H23ClN4O5S2/c1-33(29,30)24-19(25-10-2-3-11-25)14-4-6-15(7-5-14)26-13-16(31-21(26)28)12-23-20(27)17-8-9-18(22)32-17/h4-9,16H,2-3,10-13H2,1H3,(H,23,27)/b24-19-. The number of rotatable bonds is 6. The van der Waals surface area contributed by atoms with Gasteiger partial charge in [0.2, 0.25) is 0 Å². The van der Waals surface area contributed by atoms with Crippen LogP contribution < -0.4 is 10.2 Å². The lowest BCUT2D eigenvalue weighted by atomic mass is 10.1. The first kappa shape index (κ1) is 23.5. The van der Waals surface area contributed by atoms with Crippen molar-refractivity contribution in [2.24, 2.45) is 4.40 Å². The summed E-state index contributed by atoms with van der Waals surface area (Å²) in [6.07, 6.45) is 2.04. The van der Waals surface area contributed by atoms with E-state index < -0.39 is 22.2 Å². The number of carbonyl (C=O) groups is 2. The Morgan fingerprint density at radius 3 is 2.52 bits per heavy atom. The van der Waals surface area contributed by atoms with Crippen LogP contribution in [0, 0.1) is 0 Å². The molecule has 0 bridgehead atoms. The second-order valence-electron chi connectivity index (χ2n) is 7.82. The van der Waals surface area contributed by atoms with Crippen LogP contribution in [0.5, 0.6) is 0 Å². The Morgan fingerprint density at radius 1 is 1.21 bits per heavy atom. The summed E-state index contributed by atoms with van der Waals surface area (Å²) in [6.45, 7) is 1.95. The van der Waals surface area contributed by atoms with Crippen LogP contribution in [0.3, 0.4) is 0 Å². The molecular formula is C21H23ClN4O5S2. The summed E-state index contributed by atoms with van der Waals surface area (Å²) in [5.41, 5.74) is 1.28. The number of thiophene rings is 1. The number of nitrogens with zero attached hydrogens (tertiary/aromatic N) is 3. The van der Waals surface area contributed by atoms with Crippen LogP contribution in [0.1, 0.15) is 28.1 Å². The van der Waals surface area contributed by atoms with Crippen molar-refractivity contribution in [2.45, 2.75) is 18.9 Å². The topological polar surface area (TPSA) is 108 Å². The van der Waals surface area contributed by atoms with Crippen molar-refractivity contribution in [3.8, 4) is 0 Å². The fourth-order valence-corrected chi connectivity index (χ4v) is 5.23. The van der Waals surface area contributed by atoms with Crippen LogP contribution in [-0.4, -0.2) is 69.7 Å². The van der Waals surface area contributed by atoms with Gasteiger partial charge in [0.1, 0.15) is 11.9 Å². The van der Waals surface area contributed by atoms with Gasteiger partial charge >= 0.3 is 6.09 Å². The summed E-state index contributed by atoms with van der Waals surface area (Å²) in [7, 11) is -3.56. The number of nitrogens with one attached hydrogen (secondary N) is 1. The van der Waals surface area contributed by atoms with Crippen LogP contribution in [0.25, 0.3) is 0 Å². The molecule has 1 aromatic carbocycles. The maximum atomic E-state index is 12.4. The van der Waals surface area contributed by atoms with Gasteiger partial charge in [-0.05, 0) is 49.2 Å². The monoisotopic (exact) mass is 510 g/mol. The lowest BCUT2D eigenvalue weighted by molar-refractivity contribution is 0.0920. The number of cyclic esters (lactones) is 1. The summed E-state index contributed by atoms with van der Waals surface area (Å²) >= 11 is 7.04. The minimum atomic E-state index is -3.56. The number of sulfonamides is 1. The number of carbonyl (C=O) groups excluding carboxylic acids is 2. The second-order valence-corrected chi connectivity index (χ2v) is 11.2. The van der Waals surface area contributed by atoms with Gasteiger partial charge in [-0.2, -0.15) is 0 Å². The number of likely N-dealkylation sites (tertiary alicyclic amines) is 1. The molecule has 33 heavy (non-hydrogen) atoms. The van der Waals surface area contributed by atoms with Crippen LogP contribution >= 0.6 is 22.9 Å². The summed E-state index contributed by atoms with van der Waals surface area (Å²) in [5, 5.41) is 2.75. The molecule has 2 saturated heterocycles. The Bertz CT molecular complexity index is 1170. The first-order valence-corrected chi connectivity index (χ1v) is 13.4. The Hall–Kier alpha value is -2.63. The molecule has 2 aliphatic heterocycles. The minimum absolute atomic E-state index is 0.175. The Kier molecular flexibility index (Phi) is 6.91. The van der Waals surface area contributed by atoms with Gasteiger partial charge in [0.15, 0.2) is 0 Å². The zero-order chi connectivity index (χ0) is 23.6. The van der Waals surface area contributed by atoms with E-state index >= 15 is 0 Å². The number of amidine groups is 1. The van der Waals surface area contributed by atoms with Crippen LogP contribution in [0.4, 0.5) is 10.5 Å². The van der Waals surface area contributed by atoms with E-state index in [2.05, 4.69) is 9.71 Å². The minimum Gasteiger partial charge on any atom is -0.442 e. The zero-order valence-electron chi connectivity index (χ0n) is 17.9. The normalized spacial score (nSPS) is 19.2. The van der Waals surface area contributed by atoms with Crippen molar-refractivity contribution in [3.05, 3.63) is 51.2 Å². The predicted octanol–water partition coefficient (Wildman–Crippen LogP) is 2.96. The van der Waals surface area contributed by atoms with Crippen LogP contribution in [0.2, 0.25) is 4.34 Å². The maximum Gasteiger partial charge on any atom is 0.414 e. The van der Waals surface area contributed by atoms with E-state index in [1.165, 1.54) is 16.2 Å². The average molecular weight is 511 g/mol. The fourth-order valence-electron chi connectivity index (χ4n) is 3.74. The third-order valence-corrected chi connectivity index (χ3v) is 6.99. The molecule has 0 aliphatic carbocycles. The largest absolute Gasteiger partial charge is 0.442 e. The molecule has 176 valence electrons. The highest BCUT2D eigenvalue weighted by Crippen LogP contribution is 2.24. The van der Waals surface area contributed by atoms with Gasteiger partial charge in [-0.1, -0.05) is 11.6 Å². The molecule has 12 heteroatoms. The van der Waals surface area contributed by atoms with Crippen molar-refractivity contribution < 1.29 is 22.7 Å². The van der Waals surface area contributed by atoms with Crippen molar-refractivity contribution in [3.63, 3.8) is 0 Å². The second kappa shape index (κ2) is 9.70. The molecule has 2 fully saturated rings. The van der Waals surface area contributed by atoms with E-state index in [-0.39, 0.29) is 19.0 Å². The molecule has 0 radical (unpaired) electrons. The summed E-state index contributed by atoms with van der Waals surface area (Å²) < 4.78 is 33.5. The first-order chi connectivity index (χ1) is 15.7. The summed E-state index contributed by atoms with van der Waals surface area (Å²) in [4.78, 5) is 28.5. The average Bonchev–Trinajstić information content (AvgIpc) is 3.51. The van der Waals surface area contributed by atoms with Crippen LogP contribution in [-0.2, 0) is 14.8 Å². The number of amides is 2. The SMILES string of the molecule is CS(=O)(=O)/N=C(/c1ccc(N2CC(CNC(=O)c3ccc(Cl)s3)OC2=O)cc1)N1CCCC1. The predicted molar refractivity (Wildman–Crippen MR) is 128 cm³/mol. The van der Waals surface area contributed by atoms with E-state index in [4.69, 9.17) is 16.3 Å². The third-order valence-electron chi connectivity index (χ3n) is 5.26. The molecule has 4 rings (SSSR count). The van der Waals surface area contributed by atoms with E-state index in [0.717, 1.165) is 32.2 Å². The van der Waals surface area contributed by atoms with Gasteiger partial charge in [-0.25, -0.2) is 13.2 Å². The Morgan fingerprint density at radius 2 is 1.91 bits per heavy atom. The fraction of sp³-hybridized carbons (Fsp3) is 0.381. The molecule has 2 aromatic rings. The van der Waals surface area contributed by atoms with Crippen molar-refractivity contribution in [1.29, 1.82) is 0 Å². The number of halogens is 1. The molecule has 2 aliphatic rings. The van der Waals surface area contributed by atoms with Crippen molar-refractivity contribution in [1.82, 2.24) is 10.2 Å². The zero-order valence-corrected chi connectivity index (χ0v) is 20.3. The lowest BCUT2D eigenvalue weighted by Crippen LogP contribution is -2.34. The Balaban J connectivity index is 1.42. The van der Waals surface area contributed by atoms with Gasteiger partial charge in [0, 0.05) is 24.3 Å². The molecule has 3 heterocycles. The molecule has 0 spiro atoms. The van der Waals surface area contributed by atoms with E-state index in [9.17, 15) is 18.0 Å². The van der Waals surface area contributed by atoms with Gasteiger partial charge in [-0.3, -0.25) is 9.69 Å². The highest BCUT2D eigenvalue weighted by atomic mass is 35.5. The molecule has 9 nitrogen and oxygen atoms in total. The molecular weight excluding hydrogens is 488 g/mol. The quantitative estimate of drug-likeness (QED) is 0.473. The number of hydrogen-bond acceptors (Lipinski definition) is 6. The molecule has 1 aromatic heterocycles. The molecule has 1 atom stereocenters. The number of benzene rings is 1. The van der Waals surface area contributed by atoms with Crippen molar-refractivity contribution >= 4 is 56.5 Å². The number of ether oxygens (including phenoxy) is 1. The number of hydrogen-bond donors (Lipinski definition) is 1. The molecule has 0 saturated carbocycles. The summed E-state index contributed by atoms with van der Waals surface area (Å²) in [6, 6.07) is 10.3.